The summed E-state index contributed by atoms with van der Waals surface area (Å²) in [5.41, 5.74) is 0. The molecule has 0 aromatic heterocycles. The van der Waals surface area contributed by atoms with E-state index in [1.807, 2.05) is 0 Å². The molecule has 3 unspecified atom stereocenters. The third-order valence-electron chi connectivity index (χ3n) is 5.04. The van der Waals surface area contributed by atoms with E-state index in [9.17, 15) is 0 Å². The fourth-order valence-corrected chi connectivity index (χ4v) is 3.26. The van der Waals surface area contributed by atoms with Crippen LogP contribution in [0.3, 0.4) is 0 Å². The highest BCUT2D eigenvalue weighted by Crippen LogP contribution is 2.26. The van der Waals surface area contributed by atoms with Crippen LogP contribution in [-0.4, -0.2) is 37.1 Å². The molecule has 19 heavy (non-hydrogen) atoms. The third kappa shape index (κ3) is 5.83. The molecule has 1 heterocycles. The first-order valence-electron chi connectivity index (χ1n) is 8.51. The van der Waals surface area contributed by atoms with Crippen LogP contribution in [0.15, 0.2) is 0 Å². The number of hydrogen-bond acceptors (Lipinski definition) is 2. The molecule has 1 saturated heterocycles. The summed E-state index contributed by atoms with van der Waals surface area (Å²) < 4.78 is 0. The van der Waals surface area contributed by atoms with Crippen molar-refractivity contribution in [2.75, 3.05) is 26.2 Å². The Morgan fingerprint density at radius 1 is 1.11 bits per heavy atom. The van der Waals surface area contributed by atoms with Crippen LogP contribution in [0.2, 0.25) is 0 Å². The van der Waals surface area contributed by atoms with Gasteiger partial charge in [0.1, 0.15) is 0 Å². The molecule has 3 atom stereocenters. The van der Waals surface area contributed by atoms with Crippen molar-refractivity contribution in [2.45, 2.75) is 66.3 Å². The molecule has 0 aliphatic carbocycles. The van der Waals surface area contributed by atoms with Gasteiger partial charge in [0, 0.05) is 6.04 Å². The number of hydrogen-bond donors (Lipinski definition) is 1. The van der Waals surface area contributed by atoms with E-state index >= 15 is 0 Å². The average Bonchev–Trinajstić information content (AvgIpc) is 2.63. The molecule has 0 aromatic rings. The number of nitrogens with one attached hydrogen (secondary N) is 1. The second-order valence-electron chi connectivity index (χ2n) is 6.89. The fourth-order valence-electron chi connectivity index (χ4n) is 3.26. The van der Waals surface area contributed by atoms with Gasteiger partial charge in [-0.15, -0.1) is 0 Å². The van der Waals surface area contributed by atoms with E-state index in [-0.39, 0.29) is 0 Å². The highest BCUT2D eigenvalue weighted by molar-refractivity contribution is 4.79. The zero-order valence-corrected chi connectivity index (χ0v) is 13.9. The number of rotatable bonds is 7. The average molecular weight is 268 g/mol. The molecule has 0 radical (unpaired) electrons. The summed E-state index contributed by atoms with van der Waals surface area (Å²) in [4.78, 5) is 2.74. The SMILES string of the molecule is CCCNCC(C)C(C)N1CCCC(C(C)C)CC1. The van der Waals surface area contributed by atoms with Crippen molar-refractivity contribution in [3.05, 3.63) is 0 Å². The van der Waals surface area contributed by atoms with Crippen molar-refractivity contribution in [1.82, 2.24) is 10.2 Å². The quantitative estimate of drug-likeness (QED) is 0.707. The van der Waals surface area contributed by atoms with Crippen molar-refractivity contribution >= 4 is 0 Å². The smallest absolute Gasteiger partial charge is 0.0105 e. The molecule has 0 spiro atoms. The lowest BCUT2D eigenvalue weighted by atomic mass is 9.89. The van der Waals surface area contributed by atoms with E-state index in [2.05, 4.69) is 44.8 Å². The Balaban J connectivity index is 2.37. The lowest BCUT2D eigenvalue weighted by Gasteiger charge is -2.32. The van der Waals surface area contributed by atoms with E-state index < -0.39 is 0 Å². The summed E-state index contributed by atoms with van der Waals surface area (Å²) in [5, 5.41) is 3.57. The summed E-state index contributed by atoms with van der Waals surface area (Å²) in [6.07, 6.45) is 5.46. The van der Waals surface area contributed by atoms with E-state index in [1.54, 1.807) is 0 Å². The minimum absolute atomic E-state index is 0.718. The molecule has 2 nitrogen and oxygen atoms in total. The van der Waals surface area contributed by atoms with Crippen LogP contribution in [0.5, 0.6) is 0 Å². The van der Waals surface area contributed by atoms with Gasteiger partial charge < -0.3 is 10.2 Å². The zero-order chi connectivity index (χ0) is 14.3. The minimum atomic E-state index is 0.718. The summed E-state index contributed by atoms with van der Waals surface area (Å²) >= 11 is 0. The van der Waals surface area contributed by atoms with E-state index in [0.717, 1.165) is 30.3 Å². The number of nitrogens with zero attached hydrogens (tertiary/aromatic N) is 1. The summed E-state index contributed by atoms with van der Waals surface area (Å²) in [6, 6.07) is 0.718. The molecule has 1 fully saturated rings. The van der Waals surface area contributed by atoms with Gasteiger partial charge in [0.2, 0.25) is 0 Å². The zero-order valence-electron chi connectivity index (χ0n) is 13.9. The van der Waals surface area contributed by atoms with Crippen molar-refractivity contribution in [3.63, 3.8) is 0 Å². The standard InChI is InChI=1S/C17H36N2/c1-6-10-18-13-15(4)16(5)19-11-7-8-17(9-12-19)14(2)3/h14-18H,6-13H2,1-5H3. The largest absolute Gasteiger partial charge is 0.316 e. The van der Waals surface area contributed by atoms with E-state index in [4.69, 9.17) is 0 Å². The molecule has 0 amide bonds. The van der Waals surface area contributed by atoms with Gasteiger partial charge in [-0.1, -0.05) is 27.7 Å². The van der Waals surface area contributed by atoms with Crippen LogP contribution in [0, 0.1) is 17.8 Å². The Kier molecular flexibility index (Phi) is 8.01. The number of likely N-dealkylation sites (tertiary alicyclic amines) is 1. The van der Waals surface area contributed by atoms with Crippen molar-refractivity contribution in [2.24, 2.45) is 17.8 Å². The highest BCUT2D eigenvalue weighted by atomic mass is 15.2. The van der Waals surface area contributed by atoms with Gasteiger partial charge in [-0.3, -0.25) is 0 Å². The molecule has 114 valence electrons. The van der Waals surface area contributed by atoms with Crippen LogP contribution < -0.4 is 5.32 Å². The van der Waals surface area contributed by atoms with Crippen molar-refractivity contribution < 1.29 is 0 Å². The Labute approximate surface area is 121 Å². The highest BCUT2D eigenvalue weighted by Gasteiger charge is 2.24. The summed E-state index contributed by atoms with van der Waals surface area (Å²) in [5.74, 6) is 2.56. The van der Waals surface area contributed by atoms with Gasteiger partial charge >= 0.3 is 0 Å². The van der Waals surface area contributed by atoms with E-state index in [0.29, 0.717) is 0 Å². The van der Waals surface area contributed by atoms with Crippen LogP contribution in [0.1, 0.15) is 60.3 Å². The summed E-state index contributed by atoms with van der Waals surface area (Å²) in [6.45, 7) is 16.8. The van der Waals surface area contributed by atoms with Crippen LogP contribution >= 0.6 is 0 Å². The van der Waals surface area contributed by atoms with Gasteiger partial charge in [-0.25, -0.2) is 0 Å². The Morgan fingerprint density at radius 2 is 1.84 bits per heavy atom. The summed E-state index contributed by atoms with van der Waals surface area (Å²) in [7, 11) is 0. The predicted molar refractivity (Wildman–Crippen MR) is 85.5 cm³/mol. The molecule has 0 bridgehead atoms. The molecule has 1 aliphatic heterocycles. The molecule has 1 rings (SSSR count). The first-order chi connectivity index (χ1) is 9.06. The Bertz CT molecular complexity index is 227. The van der Waals surface area contributed by atoms with Crippen molar-refractivity contribution in [3.8, 4) is 0 Å². The van der Waals surface area contributed by atoms with Crippen LogP contribution in [-0.2, 0) is 0 Å². The second kappa shape index (κ2) is 8.97. The maximum absolute atomic E-state index is 3.57. The molecule has 1 aliphatic rings. The molecule has 2 heteroatoms. The van der Waals surface area contributed by atoms with Gasteiger partial charge in [0.05, 0.1) is 0 Å². The molecular weight excluding hydrogens is 232 g/mol. The molecule has 0 aromatic carbocycles. The van der Waals surface area contributed by atoms with Gasteiger partial charge in [-0.2, -0.15) is 0 Å². The molecular formula is C17H36N2. The van der Waals surface area contributed by atoms with Gasteiger partial charge in [0.15, 0.2) is 0 Å². The monoisotopic (exact) mass is 268 g/mol. The first kappa shape index (κ1) is 17.0. The third-order valence-corrected chi connectivity index (χ3v) is 5.04. The molecule has 1 N–H and O–H groups in total. The maximum atomic E-state index is 3.57. The van der Waals surface area contributed by atoms with E-state index in [1.165, 1.54) is 45.3 Å². The second-order valence-corrected chi connectivity index (χ2v) is 6.89. The Hall–Kier alpha value is -0.0800. The van der Waals surface area contributed by atoms with Crippen LogP contribution in [0.25, 0.3) is 0 Å². The normalized spacial score (nSPS) is 25.3. The lowest BCUT2D eigenvalue weighted by molar-refractivity contribution is 0.161. The van der Waals surface area contributed by atoms with Crippen molar-refractivity contribution in [1.29, 1.82) is 0 Å². The first-order valence-corrected chi connectivity index (χ1v) is 8.51. The van der Waals surface area contributed by atoms with Gasteiger partial charge in [-0.05, 0) is 76.5 Å². The minimum Gasteiger partial charge on any atom is -0.316 e. The van der Waals surface area contributed by atoms with Crippen LogP contribution in [0.4, 0.5) is 0 Å². The predicted octanol–water partition coefficient (Wildman–Crippen LogP) is 3.77. The molecule has 0 saturated carbocycles. The lowest BCUT2D eigenvalue weighted by Crippen LogP contribution is -2.42. The Morgan fingerprint density at radius 3 is 2.47 bits per heavy atom. The fraction of sp³-hybridized carbons (Fsp3) is 1.00. The topological polar surface area (TPSA) is 15.3 Å². The van der Waals surface area contributed by atoms with Gasteiger partial charge in [0.25, 0.3) is 0 Å². The maximum Gasteiger partial charge on any atom is 0.0105 e.